The predicted octanol–water partition coefficient (Wildman–Crippen LogP) is 3.22. The summed E-state index contributed by atoms with van der Waals surface area (Å²) in [7, 11) is 0. The van der Waals surface area contributed by atoms with Crippen molar-refractivity contribution in [2.45, 2.75) is 31.8 Å². The van der Waals surface area contributed by atoms with Crippen LogP contribution in [-0.2, 0) is 0 Å². The Labute approximate surface area is 102 Å². The summed E-state index contributed by atoms with van der Waals surface area (Å²) in [6, 6.07) is 1.92. The Morgan fingerprint density at radius 2 is 2.33 bits per heavy atom. The molecule has 0 saturated carbocycles. The first-order valence-corrected chi connectivity index (χ1v) is 6.91. The van der Waals surface area contributed by atoms with E-state index < -0.39 is 0 Å². The van der Waals surface area contributed by atoms with E-state index in [1.165, 1.54) is 12.8 Å². The fourth-order valence-corrected chi connectivity index (χ4v) is 2.82. The van der Waals surface area contributed by atoms with E-state index in [0.717, 1.165) is 22.4 Å². The second-order valence-electron chi connectivity index (χ2n) is 3.63. The van der Waals surface area contributed by atoms with Crippen molar-refractivity contribution < 1.29 is 0 Å². The molecule has 0 aliphatic heterocycles. The van der Waals surface area contributed by atoms with Crippen LogP contribution in [0.1, 0.15) is 25.5 Å². The summed E-state index contributed by atoms with van der Waals surface area (Å²) in [6.07, 6.45) is 4.28. The van der Waals surface area contributed by atoms with Gasteiger partial charge in [0.1, 0.15) is 0 Å². The normalized spacial score (nSPS) is 12.7. The maximum atomic E-state index is 4.37. The van der Waals surface area contributed by atoms with Crippen molar-refractivity contribution in [2.75, 3.05) is 11.5 Å². The molecule has 4 heteroatoms. The van der Waals surface area contributed by atoms with Crippen molar-refractivity contribution in [2.24, 2.45) is 5.92 Å². The molecular formula is C11H18N2S2. The first-order chi connectivity index (χ1) is 7.26. The Bertz CT molecular complexity index is 292. The number of thioether (sulfide) groups is 1. The van der Waals surface area contributed by atoms with Crippen molar-refractivity contribution in [3.05, 3.63) is 18.0 Å². The lowest BCUT2D eigenvalue weighted by atomic mass is 10.1. The zero-order chi connectivity index (χ0) is 11.1. The lowest BCUT2D eigenvalue weighted by Gasteiger charge is -2.11. The minimum absolute atomic E-state index is 0.674. The molecule has 1 heterocycles. The minimum atomic E-state index is 0.674. The Morgan fingerprint density at radius 3 is 2.93 bits per heavy atom. The first kappa shape index (κ1) is 12.8. The van der Waals surface area contributed by atoms with Crippen LogP contribution in [0.4, 0.5) is 0 Å². The highest BCUT2D eigenvalue weighted by atomic mass is 32.2. The number of rotatable bonds is 6. The van der Waals surface area contributed by atoms with Crippen LogP contribution in [0.2, 0.25) is 0 Å². The van der Waals surface area contributed by atoms with E-state index in [1.807, 2.05) is 19.2 Å². The molecule has 0 aromatic carbocycles. The molecular weight excluding hydrogens is 224 g/mol. The third kappa shape index (κ3) is 4.89. The summed E-state index contributed by atoms with van der Waals surface area (Å²) >= 11 is 6.10. The van der Waals surface area contributed by atoms with E-state index in [4.69, 9.17) is 0 Å². The third-order valence-electron chi connectivity index (χ3n) is 2.18. The van der Waals surface area contributed by atoms with Crippen LogP contribution in [0.5, 0.6) is 0 Å². The molecule has 1 unspecified atom stereocenters. The topological polar surface area (TPSA) is 25.8 Å². The molecule has 0 amide bonds. The van der Waals surface area contributed by atoms with E-state index in [9.17, 15) is 0 Å². The van der Waals surface area contributed by atoms with Crippen LogP contribution in [-0.4, -0.2) is 21.5 Å². The molecule has 0 bridgehead atoms. The first-order valence-electron chi connectivity index (χ1n) is 5.29. The molecule has 0 aliphatic rings. The maximum absolute atomic E-state index is 4.37. The van der Waals surface area contributed by atoms with E-state index >= 15 is 0 Å². The fraction of sp³-hybridized carbons (Fsp3) is 0.636. The summed E-state index contributed by atoms with van der Waals surface area (Å²) in [5, 5.41) is 0.887. The van der Waals surface area contributed by atoms with Crippen LogP contribution >= 0.6 is 24.4 Å². The summed E-state index contributed by atoms with van der Waals surface area (Å²) in [6.45, 7) is 4.21. The number of aromatic nitrogens is 2. The highest BCUT2D eigenvalue weighted by Gasteiger charge is 2.07. The molecule has 1 rings (SSSR count). The van der Waals surface area contributed by atoms with Gasteiger partial charge in [-0.2, -0.15) is 12.6 Å². The molecule has 1 aromatic heterocycles. The van der Waals surface area contributed by atoms with Crippen LogP contribution in [0, 0.1) is 12.8 Å². The number of thiol groups is 1. The molecule has 84 valence electrons. The van der Waals surface area contributed by atoms with Gasteiger partial charge in [0.25, 0.3) is 0 Å². The lowest BCUT2D eigenvalue weighted by Crippen LogP contribution is -2.05. The van der Waals surface area contributed by atoms with Crippen molar-refractivity contribution in [3.8, 4) is 0 Å². The van der Waals surface area contributed by atoms with Crippen molar-refractivity contribution in [1.29, 1.82) is 0 Å². The van der Waals surface area contributed by atoms with Crippen LogP contribution < -0.4 is 0 Å². The van der Waals surface area contributed by atoms with Gasteiger partial charge in [0.15, 0.2) is 5.16 Å². The molecule has 0 saturated heterocycles. The van der Waals surface area contributed by atoms with Gasteiger partial charge in [0.2, 0.25) is 0 Å². The largest absolute Gasteiger partial charge is 0.231 e. The minimum Gasteiger partial charge on any atom is -0.231 e. The predicted molar refractivity (Wildman–Crippen MR) is 69.7 cm³/mol. The molecule has 0 fully saturated rings. The Kier molecular flexibility index (Phi) is 6.10. The molecule has 15 heavy (non-hydrogen) atoms. The fourth-order valence-electron chi connectivity index (χ4n) is 1.32. The zero-order valence-corrected chi connectivity index (χ0v) is 11.0. The van der Waals surface area contributed by atoms with E-state index in [1.54, 1.807) is 11.8 Å². The highest BCUT2D eigenvalue weighted by molar-refractivity contribution is 7.99. The van der Waals surface area contributed by atoms with Gasteiger partial charge in [-0.25, -0.2) is 9.97 Å². The van der Waals surface area contributed by atoms with Gasteiger partial charge >= 0.3 is 0 Å². The monoisotopic (exact) mass is 242 g/mol. The second-order valence-corrected chi connectivity index (χ2v) is 4.98. The average Bonchev–Trinajstić information content (AvgIpc) is 2.24. The third-order valence-corrected chi connectivity index (χ3v) is 3.79. The van der Waals surface area contributed by atoms with E-state index in [-0.39, 0.29) is 0 Å². The summed E-state index contributed by atoms with van der Waals surface area (Å²) in [5.74, 6) is 2.69. The van der Waals surface area contributed by atoms with Gasteiger partial charge in [0, 0.05) is 17.6 Å². The van der Waals surface area contributed by atoms with Crippen molar-refractivity contribution >= 4 is 24.4 Å². The SMILES string of the molecule is CCCC(CS)CSc1nccc(C)n1. The Morgan fingerprint density at radius 1 is 1.53 bits per heavy atom. The van der Waals surface area contributed by atoms with Gasteiger partial charge < -0.3 is 0 Å². The zero-order valence-electron chi connectivity index (χ0n) is 9.31. The van der Waals surface area contributed by atoms with Crippen LogP contribution in [0.3, 0.4) is 0 Å². The quantitative estimate of drug-likeness (QED) is 0.471. The molecule has 1 atom stereocenters. The highest BCUT2D eigenvalue weighted by Crippen LogP contribution is 2.20. The Balaban J connectivity index is 2.41. The van der Waals surface area contributed by atoms with E-state index in [2.05, 4.69) is 29.5 Å². The van der Waals surface area contributed by atoms with Crippen molar-refractivity contribution in [3.63, 3.8) is 0 Å². The smallest absolute Gasteiger partial charge is 0.187 e. The number of nitrogens with zero attached hydrogens (tertiary/aromatic N) is 2. The molecule has 0 radical (unpaired) electrons. The number of aryl methyl sites for hydroxylation is 1. The molecule has 1 aromatic rings. The molecule has 0 spiro atoms. The maximum Gasteiger partial charge on any atom is 0.187 e. The van der Waals surface area contributed by atoms with Gasteiger partial charge in [-0.15, -0.1) is 0 Å². The van der Waals surface area contributed by atoms with Crippen LogP contribution in [0.25, 0.3) is 0 Å². The van der Waals surface area contributed by atoms with Gasteiger partial charge in [-0.05, 0) is 31.1 Å². The van der Waals surface area contributed by atoms with Crippen LogP contribution in [0.15, 0.2) is 17.4 Å². The number of hydrogen-bond acceptors (Lipinski definition) is 4. The average molecular weight is 242 g/mol. The Hall–Kier alpha value is -0.220. The summed E-state index contributed by atoms with van der Waals surface area (Å²) in [5.41, 5.74) is 1.03. The van der Waals surface area contributed by atoms with Crippen molar-refractivity contribution in [1.82, 2.24) is 9.97 Å². The van der Waals surface area contributed by atoms with E-state index in [0.29, 0.717) is 5.92 Å². The lowest BCUT2D eigenvalue weighted by molar-refractivity contribution is 0.595. The van der Waals surface area contributed by atoms with Gasteiger partial charge in [-0.1, -0.05) is 25.1 Å². The summed E-state index contributed by atoms with van der Waals surface area (Å²) < 4.78 is 0. The number of hydrogen-bond donors (Lipinski definition) is 1. The summed E-state index contributed by atoms with van der Waals surface area (Å²) in [4.78, 5) is 8.60. The second kappa shape index (κ2) is 7.12. The molecule has 2 nitrogen and oxygen atoms in total. The molecule has 0 aliphatic carbocycles. The van der Waals surface area contributed by atoms with Gasteiger partial charge in [-0.3, -0.25) is 0 Å². The standard InChI is InChI=1S/C11H18N2S2/c1-3-4-10(7-14)8-15-11-12-6-5-9(2)13-11/h5-6,10,14H,3-4,7-8H2,1-2H3. The molecule has 0 N–H and O–H groups in total. The van der Waals surface area contributed by atoms with Gasteiger partial charge in [0.05, 0.1) is 0 Å².